The van der Waals surface area contributed by atoms with Gasteiger partial charge in [0, 0.05) is 25.4 Å². The molecule has 2 unspecified atom stereocenters. The Kier molecular flexibility index (Phi) is 3.96. The highest BCUT2D eigenvalue weighted by Crippen LogP contribution is 2.40. The van der Waals surface area contributed by atoms with Gasteiger partial charge < -0.3 is 4.57 Å². The average molecular weight is 274 g/mol. The largest absolute Gasteiger partial charge is 0.391 e. The number of hydrogen-bond acceptors (Lipinski definition) is 2. The zero-order chi connectivity index (χ0) is 14.0. The third-order valence-corrected chi connectivity index (χ3v) is 3.85. The first-order valence-electron chi connectivity index (χ1n) is 6.43. The van der Waals surface area contributed by atoms with E-state index in [0.717, 1.165) is 0 Å². The Labute approximate surface area is 109 Å². The van der Waals surface area contributed by atoms with Crippen molar-refractivity contribution in [1.82, 2.24) is 9.55 Å². The normalized spacial score (nSPS) is 24.4. The molecule has 1 heterocycles. The van der Waals surface area contributed by atoms with Gasteiger partial charge in [0.05, 0.1) is 12.3 Å². The van der Waals surface area contributed by atoms with Crippen molar-refractivity contribution in [2.24, 2.45) is 18.9 Å². The van der Waals surface area contributed by atoms with Crippen LogP contribution in [0.2, 0.25) is 0 Å². The van der Waals surface area contributed by atoms with Crippen LogP contribution in [0.3, 0.4) is 0 Å². The topological polar surface area (TPSA) is 34.9 Å². The smallest absolute Gasteiger partial charge is 0.338 e. The minimum atomic E-state index is -4.18. The van der Waals surface area contributed by atoms with Crippen LogP contribution >= 0.6 is 0 Å². The molecule has 1 aromatic rings. The van der Waals surface area contributed by atoms with E-state index >= 15 is 0 Å². The second-order valence-corrected chi connectivity index (χ2v) is 5.20. The van der Waals surface area contributed by atoms with Crippen LogP contribution in [0.4, 0.5) is 13.2 Å². The molecule has 19 heavy (non-hydrogen) atoms. The molecule has 0 aliphatic heterocycles. The van der Waals surface area contributed by atoms with E-state index in [1.54, 1.807) is 24.0 Å². The molecule has 3 nitrogen and oxygen atoms in total. The van der Waals surface area contributed by atoms with Crippen molar-refractivity contribution in [2.75, 3.05) is 0 Å². The fraction of sp³-hybridized carbons (Fsp3) is 0.692. The Hall–Kier alpha value is -1.33. The molecule has 0 spiro atoms. The molecule has 0 N–H and O–H groups in total. The third kappa shape index (κ3) is 3.36. The first-order valence-corrected chi connectivity index (χ1v) is 6.43. The van der Waals surface area contributed by atoms with E-state index in [1.807, 2.05) is 0 Å². The van der Waals surface area contributed by atoms with Gasteiger partial charge >= 0.3 is 6.18 Å². The highest BCUT2D eigenvalue weighted by molar-refractivity contribution is 5.82. The first kappa shape index (κ1) is 14.1. The number of imidazole rings is 1. The van der Waals surface area contributed by atoms with E-state index in [2.05, 4.69) is 4.98 Å². The summed E-state index contributed by atoms with van der Waals surface area (Å²) in [6.45, 7) is 0. The van der Waals surface area contributed by atoms with Gasteiger partial charge in [0.15, 0.2) is 0 Å². The molecule has 2 rings (SSSR count). The van der Waals surface area contributed by atoms with Crippen molar-refractivity contribution in [3.63, 3.8) is 0 Å². The van der Waals surface area contributed by atoms with Crippen LogP contribution in [0.25, 0.3) is 0 Å². The molecule has 0 aromatic carbocycles. The Bertz CT molecular complexity index is 453. The Balaban J connectivity index is 1.98. The van der Waals surface area contributed by atoms with Gasteiger partial charge in [0.25, 0.3) is 0 Å². The molecule has 1 aromatic heterocycles. The van der Waals surface area contributed by atoms with Gasteiger partial charge in [-0.3, -0.25) is 4.79 Å². The Morgan fingerprint density at radius 1 is 1.47 bits per heavy atom. The predicted octanol–water partition coefficient (Wildman–Crippen LogP) is 2.90. The van der Waals surface area contributed by atoms with Crippen LogP contribution < -0.4 is 0 Å². The maximum absolute atomic E-state index is 12.7. The molecule has 0 bridgehead atoms. The van der Waals surface area contributed by atoms with Crippen molar-refractivity contribution in [2.45, 2.75) is 38.3 Å². The van der Waals surface area contributed by atoms with Crippen LogP contribution in [0.5, 0.6) is 0 Å². The number of halogens is 3. The summed E-state index contributed by atoms with van der Waals surface area (Å²) in [7, 11) is 1.77. The van der Waals surface area contributed by atoms with Crippen molar-refractivity contribution >= 4 is 5.78 Å². The molecule has 0 amide bonds. The lowest BCUT2D eigenvalue weighted by atomic mass is 9.78. The van der Waals surface area contributed by atoms with Crippen molar-refractivity contribution in [1.29, 1.82) is 0 Å². The summed E-state index contributed by atoms with van der Waals surface area (Å²) in [5.41, 5.74) is 0. The van der Waals surface area contributed by atoms with Crippen molar-refractivity contribution in [3.05, 3.63) is 18.2 Å². The molecular formula is C13H17F3N2O. The number of rotatable bonds is 3. The SMILES string of the molecule is Cn1ccnc1CC(=O)C1CCCC(C(F)(F)F)C1. The molecule has 106 valence electrons. The Morgan fingerprint density at radius 3 is 2.79 bits per heavy atom. The van der Waals surface area contributed by atoms with Crippen LogP contribution in [-0.2, 0) is 18.3 Å². The van der Waals surface area contributed by atoms with E-state index in [-0.39, 0.29) is 25.0 Å². The molecule has 6 heteroatoms. The molecular weight excluding hydrogens is 257 g/mol. The number of carbonyl (C=O) groups is 1. The lowest BCUT2D eigenvalue weighted by Crippen LogP contribution is -2.32. The summed E-state index contributed by atoms with van der Waals surface area (Å²) >= 11 is 0. The monoisotopic (exact) mass is 274 g/mol. The quantitative estimate of drug-likeness (QED) is 0.849. The van der Waals surface area contributed by atoms with E-state index in [1.165, 1.54) is 0 Å². The number of ketones is 1. The van der Waals surface area contributed by atoms with E-state index in [9.17, 15) is 18.0 Å². The molecule has 1 aliphatic carbocycles. The molecule has 1 saturated carbocycles. The average Bonchev–Trinajstić information content (AvgIpc) is 2.74. The summed E-state index contributed by atoms with van der Waals surface area (Å²) in [6, 6.07) is 0. The highest BCUT2D eigenvalue weighted by atomic mass is 19.4. The zero-order valence-electron chi connectivity index (χ0n) is 10.8. The third-order valence-electron chi connectivity index (χ3n) is 3.85. The predicted molar refractivity (Wildman–Crippen MR) is 63.4 cm³/mol. The molecule has 0 saturated heterocycles. The van der Waals surface area contributed by atoms with Gasteiger partial charge in [-0.2, -0.15) is 13.2 Å². The van der Waals surface area contributed by atoms with Crippen molar-refractivity contribution < 1.29 is 18.0 Å². The van der Waals surface area contributed by atoms with E-state index < -0.39 is 18.0 Å². The highest BCUT2D eigenvalue weighted by Gasteiger charge is 2.43. The van der Waals surface area contributed by atoms with Crippen LogP contribution in [0, 0.1) is 11.8 Å². The molecule has 0 radical (unpaired) electrons. The van der Waals surface area contributed by atoms with Gasteiger partial charge in [-0.05, 0) is 19.3 Å². The summed E-state index contributed by atoms with van der Waals surface area (Å²) < 4.78 is 39.8. The lowest BCUT2D eigenvalue weighted by molar-refractivity contribution is -0.186. The number of Topliss-reactive ketones (excluding diaryl/α,β-unsaturated/α-hetero) is 1. The minimum Gasteiger partial charge on any atom is -0.338 e. The standard InChI is InChI=1S/C13H17F3N2O/c1-18-6-5-17-12(18)8-11(19)9-3-2-4-10(7-9)13(14,15)16/h5-6,9-10H,2-4,7-8H2,1H3. The van der Waals surface area contributed by atoms with Gasteiger partial charge in [0.1, 0.15) is 11.6 Å². The van der Waals surface area contributed by atoms with Gasteiger partial charge in [-0.1, -0.05) is 6.42 Å². The number of alkyl halides is 3. The molecule has 2 atom stereocenters. The summed E-state index contributed by atoms with van der Waals surface area (Å²) in [4.78, 5) is 16.1. The second kappa shape index (κ2) is 5.35. The number of aromatic nitrogens is 2. The molecule has 1 aliphatic rings. The fourth-order valence-electron chi connectivity index (χ4n) is 2.65. The maximum Gasteiger partial charge on any atom is 0.391 e. The lowest BCUT2D eigenvalue weighted by Gasteiger charge is -2.29. The Morgan fingerprint density at radius 2 is 2.21 bits per heavy atom. The molecule has 1 fully saturated rings. The van der Waals surface area contributed by atoms with Crippen molar-refractivity contribution in [3.8, 4) is 0 Å². The summed E-state index contributed by atoms with van der Waals surface area (Å²) in [5.74, 6) is -1.31. The van der Waals surface area contributed by atoms with Gasteiger partial charge in [-0.15, -0.1) is 0 Å². The van der Waals surface area contributed by atoms with E-state index in [0.29, 0.717) is 18.7 Å². The van der Waals surface area contributed by atoms with Gasteiger partial charge in [0.2, 0.25) is 0 Å². The first-order chi connectivity index (χ1) is 8.88. The maximum atomic E-state index is 12.7. The van der Waals surface area contributed by atoms with Crippen LogP contribution in [0.15, 0.2) is 12.4 Å². The minimum absolute atomic E-state index is 0.0627. The second-order valence-electron chi connectivity index (χ2n) is 5.20. The fourth-order valence-corrected chi connectivity index (χ4v) is 2.65. The van der Waals surface area contributed by atoms with Gasteiger partial charge in [-0.25, -0.2) is 4.98 Å². The number of aryl methyl sites for hydroxylation is 1. The van der Waals surface area contributed by atoms with E-state index in [4.69, 9.17) is 0 Å². The number of carbonyl (C=O) groups excluding carboxylic acids is 1. The summed E-state index contributed by atoms with van der Waals surface area (Å²) in [5, 5.41) is 0. The summed E-state index contributed by atoms with van der Waals surface area (Å²) in [6.07, 6.45) is 0.379. The zero-order valence-corrected chi connectivity index (χ0v) is 10.8. The number of hydrogen-bond donors (Lipinski definition) is 0. The van der Waals surface area contributed by atoms with Crippen LogP contribution in [0.1, 0.15) is 31.5 Å². The number of nitrogens with zero attached hydrogens (tertiary/aromatic N) is 2. The van der Waals surface area contributed by atoms with Crippen LogP contribution in [-0.4, -0.2) is 21.5 Å².